The van der Waals surface area contributed by atoms with Gasteiger partial charge in [0.05, 0.1) is 23.4 Å². The highest BCUT2D eigenvalue weighted by atomic mass is 16.5. The standard InChI is InChI=1S/C16H14N2O2/c1-2-20-16(19)13-9-6-10-18-15(13)11-14(17-18)12-7-4-3-5-8-12/h3-11H,2H2,1H3. The molecule has 0 amide bonds. The normalized spacial score (nSPS) is 10.7. The topological polar surface area (TPSA) is 43.6 Å². The highest BCUT2D eigenvalue weighted by Crippen LogP contribution is 2.21. The zero-order valence-electron chi connectivity index (χ0n) is 11.1. The molecule has 0 N–H and O–H groups in total. The lowest BCUT2D eigenvalue weighted by molar-refractivity contribution is 0.0528. The Morgan fingerprint density at radius 2 is 2.00 bits per heavy atom. The fourth-order valence-electron chi connectivity index (χ4n) is 2.15. The van der Waals surface area contributed by atoms with Crippen LogP contribution in [0.5, 0.6) is 0 Å². The van der Waals surface area contributed by atoms with Gasteiger partial charge in [-0.2, -0.15) is 5.10 Å². The van der Waals surface area contributed by atoms with Crippen molar-refractivity contribution in [1.29, 1.82) is 0 Å². The molecular formula is C16H14N2O2. The second-order valence-corrected chi connectivity index (χ2v) is 4.37. The first-order chi connectivity index (χ1) is 9.79. The highest BCUT2D eigenvalue weighted by Gasteiger charge is 2.13. The van der Waals surface area contributed by atoms with Crippen molar-refractivity contribution in [2.75, 3.05) is 6.61 Å². The molecule has 0 bridgehead atoms. The molecule has 0 radical (unpaired) electrons. The molecule has 0 spiro atoms. The van der Waals surface area contributed by atoms with Crippen LogP contribution in [0.25, 0.3) is 16.8 Å². The third kappa shape index (κ3) is 2.16. The van der Waals surface area contributed by atoms with Gasteiger partial charge in [-0.1, -0.05) is 30.3 Å². The van der Waals surface area contributed by atoms with Crippen molar-refractivity contribution in [2.45, 2.75) is 6.92 Å². The molecule has 0 saturated heterocycles. The van der Waals surface area contributed by atoms with Crippen molar-refractivity contribution < 1.29 is 9.53 Å². The summed E-state index contributed by atoms with van der Waals surface area (Å²) in [5.41, 5.74) is 3.14. The van der Waals surface area contributed by atoms with Crippen LogP contribution in [0, 0.1) is 0 Å². The molecule has 0 aliphatic rings. The molecule has 0 aliphatic heterocycles. The largest absolute Gasteiger partial charge is 0.462 e. The average molecular weight is 266 g/mol. The predicted molar refractivity (Wildman–Crippen MR) is 76.6 cm³/mol. The van der Waals surface area contributed by atoms with E-state index in [1.165, 1.54) is 0 Å². The van der Waals surface area contributed by atoms with E-state index in [9.17, 15) is 4.79 Å². The molecule has 4 nitrogen and oxygen atoms in total. The van der Waals surface area contributed by atoms with Crippen LogP contribution in [-0.2, 0) is 4.74 Å². The number of hydrogen-bond donors (Lipinski definition) is 0. The van der Waals surface area contributed by atoms with Gasteiger partial charge in [-0.25, -0.2) is 9.31 Å². The molecule has 2 aromatic heterocycles. The molecule has 3 aromatic rings. The highest BCUT2D eigenvalue weighted by molar-refractivity contribution is 5.97. The first-order valence-corrected chi connectivity index (χ1v) is 6.50. The van der Waals surface area contributed by atoms with Gasteiger partial charge in [0.2, 0.25) is 0 Å². The van der Waals surface area contributed by atoms with E-state index in [0.717, 1.165) is 16.8 Å². The van der Waals surface area contributed by atoms with Crippen LogP contribution in [0.1, 0.15) is 17.3 Å². The fraction of sp³-hybridized carbons (Fsp3) is 0.125. The van der Waals surface area contributed by atoms with Gasteiger partial charge in [0.1, 0.15) is 0 Å². The smallest absolute Gasteiger partial charge is 0.340 e. The first-order valence-electron chi connectivity index (χ1n) is 6.50. The second-order valence-electron chi connectivity index (χ2n) is 4.37. The third-order valence-electron chi connectivity index (χ3n) is 3.07. The second kappa shape index (κ2) is 5.17. The van der Waals surface area contributed by atoms with Crippen LogP contribution < -0.4 is 0 Å². The van der Waals surface area contributed by atoms with Gasteiger partial charge in [0.15, 0.2) is 0 Å². The summed E-state index contributed by atoms with van der Waals surface area (Å²) in [4.78, 5) is 11.9. The van der Waals surface area contributed by atoms with E-state index in [0.29, 0.717) is 12.2 Å². The van der Waals surface area contributed by atoms with Crippen LogP contribution in [0.2, 0.25) is 0 Å². The van der Waals surface area contributed by atoms with E-state index in [4.69, 9.17) is 4.74 Å². The maximum absolute atomic E-state index is 11.9. The van der Waals surface area contributed by atoms with Gasteiger partial charge in [-0.3, -0.25) is 0 Å². The Morgan fingerprint density at radius 1 is 1.20 bits per heavy atom. The number of carbonyl (C=O) groups excluding carboxylic acids is 1. The van der Waals surface area contributed by atoms with Crippen molar-refractivity contribution in [3.63, 3.8) is 0 Å². The van der Waals surface area contributed by atoms with Gasteiger partial charge >= 0.3 is 5.97 Å². The summed E-state index contributed by atoms with van der Waals surface area (Å²) >= 11 is 0. The number of benzene rings is 1. The van der Waals surface area contributed by atoms with E-state index >= 15 is 0 Å². The molecule has 0 saturated carbocycles. The number of fused-ring (bicyclic) bond motifs is 1. The van der Waals surface area contributed by atoms with Crippen molar-refractivity contribution in [3.05, 3.63) is 60.3 Å². The van der Waals surface area contributed by atoms with Gasteiger partial charge in [0, 0.05) is 11.8 Å². The number of hydrogen-bond acceptors (Lipinski definition) is 3. The van der Waals surface area contributed by atoms with Crippen LogP contribution in [0.3, 0.4) is 0 Å². The third-order valence-corrected chi connectivity index (χ3v) is 3.07. The lowest BCUT2D eigenvalue weighted by Gasteiger charge is -2.02. The van der Waals surface area contributed by atoms with Gasteiger partial charge in [-0.15, -0.1) is 0 Å². The van der Waals surface area contributed by atoms with E-state index in [1.807, 2.05) is 42.6 Å². The summed E-state index contributed by atoms with van der Waals surface area (Å²) in [6.07, 6.45) is 1.82. The monoisotopic (exact) mass is 266 g/mol. The number of ether oxygens (including phenoxy) is 1. The molecule has 4 heteroatoms. The summed E-state index contributed by atoms with van der Waals surface area (Å²) in [5.74, 6) is -0.322. The Kier molecular flexibility index (Phi) is 3.21. The quantitative estimate of drug-likeness (QED) is 0.684. The summed E-state index contributed by atoms with van der Waals surface area (Å²) in [6.45, 7) is 2.16. The van der Waals surface area contributed by atoms with Gasteiger partial charge < -0.3 is 4.74 Å². The van der Waals surface area contributed by atoms with Crippen molar-refractivity contribution in [3.8, 4) is 11.3 Å². The van der Waals surface area contributed by atoms with Crippen LogP contribution in [-0.4, -0.2) is 22.2 Å². The summed E-state index contributed by atoms with van der Waals surface area (Å²) in [6, 6.07) is 15.3. The Balaban J connectivity index is 2.12. The molecule has 20 heavy (non-hydrogen) atoms. The Labute approximate surface area is 116 Å². The zero-order chi connectivity index (χ0) is 13.9. The van der Waals surface area contributed by atoms with Gasteiger partial charge in [0.25, 0.3) is 0 Å². The zero-order valence-corrected chi connectivity index (χ0v) is 11.1. The number of nitrogens with zero attached hydrogens (tertiary/aromatic N) is 2. The minimum Gasteiger partial charge on any atom is -0.462 e. The van der Waals surface area contributed by atoms with E-state index in [-0.39, 0.29) is 5.97 Å². The predicted octanol–water partition coefficient (Wildman–Crippen LogP) is 3.18. The van der Waals surface area contributed by atoms with E-state index in [2.05, 4.69) is 5.10 Å². The lowest BCUT2D eigenvalue weighted by atomic mass is 10.1. The maximum atomic E-state index is 11.9. The Bertz CT molecular complexity index is 748. The maximum Gasteiger partial charge on any atom is 0.340 e. The molecule has 3 rings (SSSR count). The Morgan fingerprint density at radius 3 is 2.75 bits per heavy atom. The molecule has 0 fully saturated rings. The molecule has 0 unspecified atom stereocenters. The van der Waals surface area contributed by atoms with E-state index in [1.54, 1.807) is 23.6 Å². The molecule has 100 valence electrons. The number of esters is 1. The summed E-state index contributed by atoms with van der Waals surface area (Å²) in [5, 5.41) is 4.50. The van der Waals surface area contributed by atoms with Crippen molar-refractivity contribution in [2.24, 2.45) is 0 Å². The van der Waals surface area contributed by atoms with Crippen LogP contribution in [0.15, 0.2) is 54.7 Å². The minimum absolute atomic E-state index is 0.322. The Hall–Kier alpha value is -2.62. The number of rotatable bonds is 3. The fourth-order valence-corrected chi connectivity index (χ4v) is 2.15. The molecule has 1 aromatic carbocycles. The van der Waals surface area contributed by atoms with Gasteiger partial charge in [-0.05, 0) is 25.1 Å². The minimum atomic E-state index is -0.322. The van der Waals surface area contributed by atoms with Crippen LogP contribution in [0.4, 0.5) is 0 Å². The van der Waals surface area contributed by atoms with Crippen molar-refractivity contribution in [1.82, 2.24) is 9.61 Å². The molecular weight excluding hydrogens is 252 g/mol. The number of carbonyl (C=O) groups is 1. The van der Waals surface area contributed by atoms with E-state index < -0.39 is 0 Å². The SMILES string of the molecule is CCOC(=O)c1cccn2nc(-c3ccccc3)cc12. The first kappa shape index (κ1) is 12.4. The van der Waals surface area contributed by atoms with Crippen molar-refractivity contribution >= 4 is 11.5 Å². The number of pyridine rings is 1. The van der Waals surface area contributed by atoms with Crippen LogP contribution >= 0.6 is 0 Å². The summed E-state index contributed by atoms with van der Waals surface area (Å²) < 4.78 is 6.77. The number of aromatic nitrogens is 2. The lowest BCUT2D eigenvalue weighted by Crippen LogP contribution is -2.06. The average Bonchev–Trinajstić information content (AvgIpc) is 2.92. The molecule has 0 atom stereocenters. The molecule has 0 aliphatic carbocycles. The molecule has 2 heterocycles. The summed E-state index contributed by atoms with van der Waals surface area (Å²) in [7, 11) is 0.